The Morgan fingerprint density at radius 2 is 1.81 bits per heavy atom. The molecular formula is C19H23N3O3S. The van der Waals surface area contributed by atoms with Gasteiger partial charge < -0.3 is 13.9 Å². The van der Waals surface area contributed by atoms with E-state index in [0.717, 1.165) is 23.8 Å². The van der Waals surface area contributed by atoms with Gasteiger partial charge in [-0.15, -0.1) is 0 Å². The van der Waals surface area contributed by atoms with Gasteiger partial charge in [0.25, 0.3) is 0 Å². The molecule has 0 spiro atoms. The highest BCUT2D eigenvalue weighted by molar-refractivity contribution is 7.71. The predicted molar refractivity (Wildman–Crippen MR) is 102 cm³/mol. The van der Waals surface area contributed by atoms with Gasteiger partial charge in [0.1, 0.15) is 23.9 Å². The fraction of sp³-hybridized carbons (Fsp3) is 0.368. The van der Waals surface area contributed by atoms with Crippen molar-refractivity contribution < 1.29 is 13.9 Å². The first-order valence-corrected chi connectivity index (χ1v) is 9.07. The number of nitrogens with zero attached hydrogens (tertiary/aromatic N) is 2. The molecule has 7 heteroatoms. The summed E-state index contributed by atoms with van der Waals surface area (Å²) < 4.78 is 19.6. The molecule has 0 saturated heterocycles. The highest BCUT2D eigenvalue weighted by Crippen LogP contribution is 2.23. The standard InChI is InChI=1S/C19H23N3O3S/c1-4-23-14-5-7-15(8-6-14)24-12-16-9-10-17(25-16)18-20-21-19(26)22(18)11-13(2)3/h5-10,13H,4,11-12H2,1-3H3,(H,21,26). The molecule has 3 rings (SSSR count). The Balaban J connectivity index is 1.68. The lowest BCUT2D eigenvalue weighted by Crippen LogP contribution is -2.06. The van der Waals surface area contributed by atoms with Crippen LogP contribution >= 0.6 is 12.2 Å². The summed E-state index contributed by atoms with van der Waals surface area (Å²) in [5.74, 6) is 4.13. The average molecular weight is 373 g/mol. The molecule has 1 N–H and O–H groups in total. The Kier molecular flexibility index (Phi) is 5.78. The van der Waals surface area contributed by atoms with E-state index in [1.165, 1.54) is 0 Å². The Hall–Kier alpha value is -2.54. The maximum absolute atomic E-state index is 5.89. The number of aromatic nitrogens is 3. The zero-order chi connectivity index (χ0) is 18.5. The predicted octanol–water partition coefficient (Wildman–Crippen LogP) is 4.83. The van der Waals surface area contributed by atoms with E-state index in [1.807, 2.05) is 47.9 Å². The van der Waals surface area contributed by atoms with Crippen LogP contribution < -0.4 is 9.47 Å². The molecule has 1 aromatic carbocycles. The van der Waals surface area contributed by atoms with Gasteiger partial charge >= 0.3 is 0 Å². The summed E-state index contributed by atoms with van der Waals surface area (Å²) in [5.41, 5.74) is 0. The summed E-state index contributed by atoms with van der Waals surface area (Å²) in [6.07, 6.45) is 0. The monoisotopic (exact) mass is 373 g/mol. The number of hydrogen-bond acceptors (Lipinski definition) is 5. The maximum Gasteiger partial charge on any atom is 0.198 e. The van der Waals surface area contributed by atoms with Gasteiger partial charge in [-0.1, -0.05) is 13.8 Å². The van der Waals surface area contributed by atoms with Crippen molar-refractivity contribution in [3.05, 3.63) is 46.9 Å². The van der Waals surface area contributed by atoms with Crippen molar-refractivity contribution in [3.8, 4) is 23.1 Å². The minimum Gasteiger partial charge on any atom is -0.494 e. The van der Waals surface area contributed by atoms with Gasteiger partial charge in [0.15, 0.2) is 16.4 Å². The van der Waals surface area contributed by atoms with Gasteiger partial charge in [-0.2, -0.15) is 5.10 Å². The SMILES string of the molecule is CCOc1ccc(OCc2ccc(-c3n[nH]c(=S)n3CC(C)C)o2)cc1. The number of hydrogen-bond donors (Lipinski definition) is 1. The first kappa shape index (κ1) is 18.3. The fourth-order valence-corrected chi connectivity index (χ4v) is 2.78. The highest BCUT2D eigenvalue weighted by Gasteiger charge is 2.14. The van der Waals surface area contributed by atoms with Crippen LogP contribution in [0.2, 0.25) is 0 Å². The Morgan fingerprint density at radius 1 is 1.12 bits per heavy atom. The number of aromatic amines is 1. The van der Waals surface area contributed by atoms with Crippen LogP contribution in [0, 0.1) is 10.7 Å². The lowest BCUT2D eigenvalue weighted by Gasteiger charge is -2.08. The molecule has 0 amide bonds. The van der Waals surface area contributed by atoms with Crippen LogP contribution in [0.15, 0.2) is 40.8 Å². The number of nitrogens with one attached hydrogen (secondary N) is 1. The van der Waals surface area contributed by atoms with E-state index in [4.69, 9.17) is 26.1 Å². The number of furan rings is 1. The summed E-state index contributed by atoms with van der Waals surface area (Å²) in [6.45, 7) is 7.99. The highest BCUT2D eigenvalue weighted by atomic mass is 32.1. The van der Waals surface area contributed by atoms with E-state index in [2.05, 4.69) is 24.0 Å². The van der Waals surface area contributed by atoms with Crippen molar-refractivity contribution >= 4 is 12.2 Å². The van der Waals surface area contributed by atoms with Crippen LogP contribution in [0.1, 0.15) is 26.5 Å². The molecule has 6 nitrogen and oxygen atoms in total. The zero-order valence-corrected chi connectivity index (χ0v) is 16.0. The molecule has 0 fully saturated rings. The van der Waals surface area contributed by atoms with E-state index >= 15 is 0 Å². The van der Waals surface area contributed by atoms with Crippen LogP contribution in [-0.4, -0.2) is 21.4 Å². The van der Waals surface area contributed by atoms with Crippen LogP contribution in [0.3, 0.4) is 0 Å². The molecule has 138 valence electrons. The molecule has 0 saturated carbocycles. The Bertz CT molecular complexity index is 893. The molecule has 0 unspecified atom stereocenters. The van der Waals surface area contributed by atoms with Gasteiger partial charge in [0.2, 0.25) is 0 Å². The first-order chi connectivity index (χ1) is 12.6. The summed E-state index contributed by atoms with van der Waals surface area (Å²) in [5, 5.41) is 7.13. The minimum atomic E-state index is 0.337. The Morgan fingerprint density at radius 3 is 2.46 bits per heavy atom. The first-order valence-electron chi connectivity index (χ1n) is 8.66. The van der Waals surface area contributed by atoms with Gasteiger partial charge in [0.05, 0.1) is 6.61 Å². The van der Waals surface area contributed by atoms with E-state index in [1.54, 1.807) is 0 Å². The number of benzene rings is 1. The van der Waals surface area contributed by atoms with Gasteiger partial charge in [0, 0.05) is 6.54 Å². The summed E-state index contributed by atoms with van der Waals surface area (Å²) in [7, 11) is 0. The largest absolute Gasteiger partial charge is 0.494 e. The third-order valence-corrected chi connectivity index (χ3v) is 4.02. The van der Waals surface area contributed by atoms with Gasteiger partial charge in [-0.05, 0) is 61.5 Å². The molecular weight excluding hydrogens is 350 g/mol. The second-order valence-corrected chi connectivity index (χ2v) is 6.70. The number of rotatable bonds is 8. The summed E-state index contributed by atoms with van der Waals surface area (Å²) in [6, 6.07) is 11.3. The minimum absolute atomic E-state index is 0.337. The molecule has 0 aliphatic heterocycles. The number of H-pyrrole nitrogens is 1. The van der Waals surface area contributed by atoms with Crippen molar-refractivity contribution in [2.45, 2.75) is 33.9 Å². The van der Waals surface area contributed by atoms with Gasteiger partial charge in [-0.25, -0.2) is 0 Å². The van der Waals surface area contributed by atoms with Crippen LogP contribution in [0.5, 0.6) is 11.5 Å². The maximum atomic E-state index is 5.89. The second-order valence-electron chi connectivity index (χ2n) is 6.32. The smallest absolute Gasteiger partial charge is 0.198 e. The van der Waals surface area contributed by atoms with Crippen molar-refractivity contribution in [3.63, 3.8) is 0 Å². The van der Waals surface area contributed by atoms with Gasteiger partial charge in [-0.3, -0.25) is 9.67 Å². The molecule has 26 heavy (non-hydrogen) atoms. The summed E-state index contributed by atoms with van der Waals surface area (Å²) >= 11 is 5.31. The zero-order valence-electron chi connectivity index (χ0n) is 15.2. The quantitative estimate of drug-likeness (QED) is 0.573. The second kappa shape index (κ2) is 8.23. The van der Waals surface area contributed by atoms with E-state index in [-0.39, 0.29) is 0 Å². The third kappa shape index (κ3) is 4.35. The Labute approximate surface area is 157 Å². The number of ether oxygens (including phenoxy) is 2. The van der Waals surface area contributed by atoms with E-state index in [9.17, 15) is 0 Å². The molecule has 0 radical (unpaired) electrons. The van der Waals surface area contributed by atoms with Crippen molar-refractivity contribution in [2.24, 2.45) is 5.92 Å². The van der Waals surface area contributed by atoms with Crippen LogP contribution in [0.25, 0.3) is 11.6 Å². The molecule has 0 aliphatic carbocycles. The molecule has 0 aliphatic rings. The van der Waals surface area contributed by atoms with Crippen molar-refractivity contribution in [1.29, 1.82) is 0 Å². The fourth-order valence-electron chi connectivity index (χ4n) is 2.57. The molecule has 0 atom stereocenters. The molecule has 0 bridgehead atoms. The lowest BCUT2D eigenvalue weighted by molar-refractivity contribution is 0.270. The summed E-state index contributed by atoms with van der Waals surface area (Å²) in [4.78, 5) is 0. The van der Waals surface area contributed by atoms with Crippen LogP contribution in [-0.2, 0) is 13.2 Å². The molecule has 3 aromatic rings. The lowest BCUT2D eigenvalue weighted by atomic mass is 10.2. The molecule has 2 heterocycles. The van der Waals surface area contributed by atoms with E-state index in [0.29, 0.717) is 35.5 Å². The topological polar surface area (TPSA) is 65.2 Å². The van der Waals surface area contributed by atoms with E-state index < -0.39 is 0 Å². The third-order valence-electron chi connectivity index (χ3n) is 3.70. The van der Waals surface area contributed by atoms with Crippen molar-refractivity contribution in [1.82, 2.24) is 14.8 Å². The molecule has 2 aromatic heterocycles. The van der Waals surface area contributed by atoms with Crippen molar-refractivity contribution in [2.75, 3.05) is 6.61 Å². The normalized spacial score (nSPS) is 11.1. The average Bonchev–Trinajstić information content (AvgIpc) is 3.22. The van der Waals surface area contributed by atoms with Crippen LogP contribution in [0.4, 0.5) is 0 Å².